The molecule has 142 valence electrons. The van der Waals surface area contributed by atoms with Crippen molar-refractivity contribution in [1.29, 1.82) is 0 Å². The second-order valence-corrected chi connectivity index (χ2v) is 7.41. The number of alkyl carbamates (subject to hydrolysis) is 1. The number of thioether (sulfide) groups is 1. The molecule has 0 aliphatic rings. The number of amides is 1. The Hall–Kier alpha value is -2.88. The molecule has 0 aliphatic carbocycles. The van der Waals surface area contributed by atoms with E-state index in [-0.39, 0.29) is 12.4 Å². The molecule has 0 spiro atoms. The van der Waals surface area contributed by atoms with Crippen LogP contribution < -0.4 is 5.32 Å². The smallest absolute Gasteiger partial charge is 0.408 e. The standard InChI is InChI=1S/C17H19N5O4S/c1-17(2,3)25-15(23)18-9-13-20-21-16(24-13)27-10-12-19-14(26-22-12)11-7-5-4-6-8-11/h4-8H,9-10H2,1-3H3,(H,18,23). The summed E-state index contributed by atoms with van der Waals surface area (Å²) in [6.07, 6.45) is -0.546. The van der Waals surface area contributed by atoms with Crippen molar-refractivity contribution in [3.8, 4) is 11.5 Å². The van der Waals surface area contributed by atoms with Crippen molar-refractivity contribution in [3.05, 3.63) is 42.0 Å². The van der Waals surface area contributed by atoms with Gasteiger partial charge < -0.3 is 19.0 Å². The molecule has 27 heavy (non-hydrogen) atoms. The minimum absolute atomic E-state index is 0.0861. The Balaban J connectivity index is 1.49. The molecule has 2 aromatic heterocycles. The number of ether oxygens (including phenoxy) is 1. The third kappa shape index (κ3) is 5.81. The molecule has 0 radical (unpaired) electrons. The first-order chi connectivity index (χ1) is 12.9. The molecular weight excluding hydrogens is 370 g/mol. The monoisotopic (exact) mass is 389 g/mol. The van der Waals surface area contributed by atoms with Gasteiger partial charge in [0, 0.05) is 5.56 Å². The highest BCUT2D eigenvalue weighted by Crippen LogP contribution is 2.22. The maximum Gasteiger partial charge on any atom is 0.408 e. The fourth-order valence-corrected chi connectivity index (χ4v) is 2.59. The fraction of sp³-hybridized carbons (Fsp3) is 0.353. The summed E-state index contributed by atoms with van der Waals surface area (Å²) in [4.78, 5) is 15.9. The van der Waals surface area contributed by atoms with Crippen LogP contribution in [0, 0.1) is 0 Å². The summed E-state index contributed by atoms with van der Waals surface area (Å²) < 4.78 is 15.8. The summed E-state index contributed by atoms with van der Waals surface area (Å²) in [7, 11) is 0. The Bertz CT molecular complexity index is 888. The molecule has 1 amide bonds. The zero-order valence-electron chi connectivity index (χ0n) is 15.1. The number of nitrogens with one attached hydrogen (secondary N) is 1. The van der Waals surface area contributed by atoms with E-state index in [9.17, 15) is 4.79 Å². The van der Waals surface area contributed by atoms with Crippen molar-refractivity contribution >= 4 is 17.9 Å². The molecule has 0 aliphatic heterocycles. The Morgan fingerprint density at radius 1 is 1.22 bits per heavy atom. The van der Waals surface area contributed by atoms with Crippen LogP contribution in [0.15, 0.2) is 44.5 Å². The van der Waals surface area contributed by atoms with Gasteiger partial charge in [-0.2, -0.15) is 4.98 Å². The van der Waals surface area contributed by atoms with Crippen molar-refractivity contribution in [2.45, 2.75) is 43.9 Å². The molecule has 9 nitrogen and oxygen atoms in total. The molecule has 0 saturated heterocycles. The molecule has 0 unspecified atom stereocenters. The van der Waals surface area contributed by atoms with E-state index < -0.39 is 11.7 Å². The van der Waals surface area contributed by atoms with Crippen LogP contribution in [0.1, 0.15) is 32.5 Å². The van der Waals surface area contributed by atoms with Gasteiger partial charge in [-0.15, -0.1) is 10.2 Å². The first-order valence-electron chi connectivity index (χ1n) is 8.19. The number of carbonyl (C=O) groups is 1. The lowest BCUT2D eigenvalue weighted by Crippen LogP contribution is -2.32. The number of aromatic nitrogens is 4. The van der Waals surface area contributed by atoms with Crippen LogP contribution in [0.25, 0.3) is 11.5 Å². The maximum atomic E-state index is 11.6. The first-order valence-corrected chi connectivity index (χ1v) is 9.18. The molecule has 0 bridgehead atoms. The predicted octanol–water partition coefficient (Wildman–Crippen LogP) is 3.44. The Morgan fingerprint density at radius 3 is 2.74 bits per heavy atom. The maximum absolute atomic E-state index is 11.6. The third-order valence-electron chi connectivity index (χ3n) is 3.04. The van der Waals surface area contributed by atoms with Gasteiger partial charge in [0.25, 0.3) is 11.1 Å². The fourth-order valence-electron chi connectivity index (χ4n) is 1.97. The summed E-state index contributed by atoms with van der Waals surface area (Å²) >= 11 is 1.28. The van der Waals surface area contributed by atoms with E-state index in [1.165, 1.54) is 11.8 Å². The summed E-state index contributed by atoms with van der Waals surface area (Å²) in [5.74, 6) is 1.67. The summed E-state index contributed by atoms with van der Waals surface area (Å²) in [5.41, 5.74) is 0.290. The highest BCUT2D eigenvalue weighted by atomic mass is 32.2. The van der Waals surface area contributed by atoms with Crippen molar-refractivity contribution in [2.75, 3.05) is 0 Å². The second kappa shape index (κ2) is 8.21. The predicted molar refractivity (Wildman–Crippen MR) is 96.7 cm³/mol. The lowest BCUT2D eigenvalue weighted by atomic mass is 10.2. The molecule has 3 rings (SSSR count). The minimum atomic E-state index is -0.566. The van der Waals surface area contributed by atoms with Crippen LogP contribution in [-0.2, 0) is 17.0 Å². The van der Waals surface area contributed by atoms with Crippen LogP contribution >= 0.6 is 11.8 Å². The van der Waals surface area contributed by atoms with Crippen LogP contribution in [0.4, 0.5) is 4.79 Å². The topological polar surface area (TPSA) is 116 Å². The Morgan fingerprint density at radius 2 is 2.00 bits per heavy atom. The molecule has 0 atom stereocenters. The summed E-state index contributed by atoms with van der Waals surface area (Å²) in [5, 5.41) is 14.6. The van der Waals surface area contributed by atoms with Gasteiger partial charge in [-0.05, 0) is 32.9 Å². The van der Waals surface area contributed by atoms with E-state index in [1.807, 2.05) is 30.3 Å². The van der Waals surface area contributed by atoms with Crippen molar-refractivity contribution in [1.82, 2.24) is 25.7 Å². The van der Waals surface area contributed by atoms with Crippen LogP contribution in [0.3, 0.4) is 0 Å². The van der Waals surface area contributed by atoms with E-state index in [0.717, 1.165) is 5.56 Å². The van der Waals surface area contributed by atoms with Crippen LogP contribution in [0.5, 0.6) is 0 Å². The van der Waals surface area contributed by atoms with Gasteiger partial charge in [0.1, 0.15) is 5.60 Å². The average molecular weight is 389 g/mol. The van der Waals surface area contributed by atoms with Gasteiger partial charge >= 0.3 is 6.09 Å². The molecule has 0 fully saturated rings. The normalized spacial score (nSPS) is 11.4. The van der Waals surface area contributed by atoms with Gasteiger partial charge in [-0.1, -0.05) is 35.1 Å². The number of benzene rings is 1. The van der Waals surface area contributed by atoms with E-state index in [2.05, 4.69) is 25.7 Å². The SMILES string of the molecule is CC(C)(C)OC(=O)NCc1nnc(SCc2noc(-c3ccccc3)n2)o1. The highest BCUT2D eigenvalue weighted by Gasteiger charge is 2.17. The molecule has 1 aromatic carbocycles. The number of hydrogen-bond acceptors (Lipinski definition) is 9. The van der Waals surface area contributed by atoms with Gasteiger partial charge in [0.2, 0.25) is 5.89 Å². The lowest BCUT2D eigenvalue weighted by molar-refractivity contribution is 0.0518. The largest absolute Gasteiger partial charge is 0.444 e. The zero-order valence-corrected chi connectivity index (χ0v) is 15.9. The van der Waals surface area contributed by atoms with E-state index >= 15 is 0 Å². The number of rotatable bonds is 6. The molecule has 1 N–H and O–H groups in total. The highest BCUT2D eigenvalue weighted by molar-refractivity contribution is 7.98. The van der Waals surface area contributed by atoms with Gasteiger partial charge in [-0.25, -0.2) is 4.79 Å². The van der Waals surface area contributed by atoms with Crippen molar-refractivity contribution < 1.29 is 18.5 Å². The zero-order chi connectivity index (χ0) is 19.3. The molecule has 3 aromatic rings. The van der Waals surface area contributed by atoms with E-state index in [1.54, 1.807) is 20.8 Å². The minimum Gasteiger partial charge on any atom is -0.444 e. The molecular formula is C17H19N5O4S. The van der Waals surface area contributed by atoms with Crippen LogP contribution in [-0.4, -0.2) is 32.0 Å². The average Bonchev–Trinajstić information content (AvgIpc) is 3.27. The molecule has 0 saturated carbocycles. The molecule has 10 heteroatoms. The van der Waals surface area contributed by atoms with Gasteiger partial charge in [0.15, 0.2) is 5.82 Å². The van der Waals surface area contributed by atoms with Crippen molar-refractivity contribution in [3.63, 3.8) is 0 Å². The number of carbonyl (C=O) groups excluding carboxylic acids is 1. The third-order valence-corrected chi connectivity index (χ3v) is 3.86. The second-order valence-electron chi connectivity index (χ2n) is 6.49. The van der Waals surface area contributed by atoms with Crippen molar-refractivity contribution in [2.24, 2.45) is 0 Å². The lowest BCUT2D eigenvalue weighted by Gasteiger charge is -2.19. The van der Waals surface area contributed by atoms with Gasteiger partial charge in [0.05, 0.1) is 12.3 Å². The molecule has 2 heterocycles. The first kappa shape index (κ1) is 18.9. The summed E-state index contributed by atoms with van der Waals surface area (Å²) in [6, 6.07) is 9.51. The summed E-state index contributed by atoms with van der Waals surface area (Å²) in [6.45, 7) is 5.45. The van der Waals surface area contributed by atoms with Gasteiger partial charge in [-0.3, -0.25) is 0 Å². The van der Waals surface area contributed by atoms with E-state index in [4.69, 9.17) is 13.7 Å². The number of nitrogens with zero attached hydrogens (tertiary/aromatic N) is 4. The quantitative estimate of drug-likeness (QED) is 0.633. The Labute approximate surface area is 159 Å². The Kier molecular flexibility index (Phi) is 5.75. The van der Waals surface area contributed by atoms with E-state index in [0.29, 0.717) is 22.7 Å². The van der Waals surface area contributed by atoms with Crippen LogP contribution in [0.2, 0.25) is 0 Å². The number of hydrogen-bond donors (Lipinski definition) is 1.